The highest BCUT2D eigenvalue weighted by atomic mass is 32.2. The summed E-state index contributed by atoms with van der Waals surface area (Å²) in [6.45, 7) is 4.90. The number of hydrogen-bond donors (Lipinski definition) is 2. The van der Waals surface area contributed by atoms with E-state index in [1.54, 1.807) is 6.92 Å². The Morgan fingerprint density at radius 3 is 2.56 bits per heavy atom. The summed E-state index contributed by atoms with van der Waals surface area (Å²) < 4.78 is 10.5. The molecule has 94 valence electrons. The third kappa shape index (κ3) is 3.10. The van der Waals surface area contributed by atoms with Crippen LogP contribution >= 0.6 is 11.8 Å². The molecule has 0 aromatic heterocycles. The van der Waals surface area contributed by atoms with Crippen LogP contribution in [-0.2, 0) is 14.3 Å². The molecule has 0 aromatic carbocycles. The molecule has 1 saturated heterocycles. The Bertz CT molecular complexity index is 247. The molecule has 0 saturated carbocycles. The summed E-state index contributed by atoms with van der Waals surface area (Å²) >= 11 is 1.44. The quantitative estimate of drug-likeness (QED) is 0.694. The van der Waals surface area contributed by atoms with Gasteiger partial charge in [-0.05, 0) is 12.7 Å². The number of ether oxygens (including phenoxy) is 2. The number of carbonyl (C=O) groups excluding carboxylic acids is 1. The molecule has 16 heavy (non-hydrogen) atoms. The molecule has 0 unspecified atom stereocenters. The van der Waals surface area contributed by atoms with E-state index in [1.807, 2.05) is 6.92 Å². The zero-order chi connectivity index (χ0) is 12.3. The van der Waals surface area contributed by atoms with Crippen molar-refractivity contribution in [2.75, 3.05) is 5.75 Å². The molecule has 5 atom stereocenters. The van der Waals surface area contributed by atoms with Gasteiger partial charge in [0.15, 0.2) is 6.10 Å². The molecule has 0 aromatic rings. The number of rotatable bonds is 3. The van der Waals surface area contributed by atoms with Gasteiger partial charge in [0.2, 0.25) is 0 Å². The van der Waals surface area contributed by atoms with Gasteiger partial charge in [0.05, 0.1) is 6.10 Å². The Morgan fingerprint density at radius 2 is 2.06 bits per heavy atom. The van der Waals surface area contributed by atoms with Crippen LogP contribution in [0.25, 0.3) is 0 Å². The molecule has 0 bridgehead atoms. The molecular formula is C10H18O5S. The first-order valence-corrected chi connectivity index (χ1v) is 6.32. The van der Waals surface area contributed by atoms with Crippen molar-refractivity contribution in [2.24, 2.45) is 0 Å². The maximum absolute atomic E-state index is 10.9. The highest BCUT2D eigenvalue weighted by molar-refractivity contribution is 7.99. The van der Waals surface area contributed by atoms with E-state index >= 15 is 0 Å². The Kier molecular flexibility index (Phi) is 5.04. The summed E-state index contributed by atoms with van der Waals surface area (Å²) in [7, 11) is 0. The number of aliphatic hydroxyl groups is 2. The monoisotopic (exact) mass is 250 g/mol. The van der Waals surface area contributed by atoms with Crippen molar-refractivity contribution in [3.8, 4) is 0 Å². The highest BCUT2D eigenvalue weighted by Gasteiger charge is 2.44. The molecule has 1 fully saturated rings. The van der Waals surface area contributed by atoms with Crippen LogP contribution in [0.3, 0.4) is 0 Å². The van der Waals surface area contributed by atoms with E-state index in [9.17, 15) is 15.0 Å². The van der Waals surface area contributed by atoms with Gasteiger partial charge in [-0.3, -0.25) is 4.79 Å². The lowest BCUT2D eigenvalue weighted by Gasteiger charge is -2.40. The average molecular weight is 250 g/mol. The van der Waals surface area contributed by atoms with E-state index < -0.39 is 35.8 Å². The lowest BCUT2D eigenvalue weighted by Crippen LogP contribution is -2.57. The van der Waals surface area contributed by atoms with E-state index in [2.05, 4.69) is 0 Å². The number of esters is 1. The van der Waals surface area contributed by atoms with Crippen LogP contribution in [0.15, 0.2) is 0 Å². The van der Waals surface area contributed by atoms with Gasteiger partial charge >= 0.3 is 5.97 Å². The lowest BCUT2D eigenvalue weighted by atomic mass is 10.0. The second kappa shape index (κ2) is 5.86. The second-order valence-corrected chi connectivity index (χ2v) is 5.10. The predicted octanol–water partition coefficient (Wildman–Crippen LogP) is 0.138. The van der Waals surface area contributed by atoms with Crippen molar-refractivity contribution in [1.82, 2.24) is 0 Å². The predicted molar refractivity (Wildman–Crippen MR) is 60.0 cm³/mol. The summed E-state index contributed by atoms with van der Waals surface area (Å²) in [5.74, 6) is 0.286. The molecular weight excluding hydrogens is 232 g/mol. The maximum atomic E-state index is 10.9. The number of aliphatic hydroxyl groups excluding tert-OH is 2. The summed E-state index contributed by atoms with van der Waals surface area (Å²) in [6, 6.07) is 0. The van der Waals surface area contributed by atoms with Gasteiger partial charge in [-0.25, -0.2) is 0 Å². The largest absolute Gasteiger partial charge is 0.456 e. The molecule has 0 spiro atoms. The number of thioether (sulfide) groups is 1. The van der Waals surface area contributed by atoms with Crippen LogP contribution in [0.5, 0.6) is 0 Å². The molecule has 1 aliphatic rings. The molecule has 0 radical (unpaired) electrons. The molecule has 1 aliphatic heterocycles. The van der Waals surface area contributed by atoms with Gasteiger partial charge in [0.25, 0.3) is 0 Å². The summed E-state index contributed by atoms with van der Waals surface area (Å²) in [5.41, 5.74) is -0.428. The third-order valence-corrected chi connectivity index (χ3v) is 3.46. The van der Waals surface area contributed by atoms with Crippen molar-refractivity contribution in [3.63, 3.8) is 0 Å². The van der Waals surface area contributed by atoms with Gasteiger partial charge in [-0.15, -0.1) is 11.8 Å². The maximum Gasteiger partial charge on any atom is 0.303 e. The summed E-state index contributed by atoms with van der Waals surface area (Å²) in [6.07, 6.45) is -3.41. The number of carbonyl (C=O) groups is 1. The second-order valence-electron chi connectivity index (χ2n) is 3.72. The zero-order valence-corrected chi connectivity index (χ0v) is 10.4. The van der Waals surface area contributed by atoms with Crippen molar-refractivity contribution in [2.45, 2.75) is 50.6 Å². The minimum Gasteiger partial charge on any atom is -0.456 e. The molecule has 0 amide bonds. The fourth-order valence-electron chi connectivity index (χ4n) is 1.62. The van der Waals surface area contributed by atoms with Gasteiger partial charge in [-0.2, -0.15) is 0 Å². The fourth-order valence-corrected chi connectivity index (χ4v) is 2.61. The van der Waals surface area contributed by atoms with E-state index in [4.69, 9.17) is 9.47 Å². The minimum atomic E-state index is -1.10. The molecule has 1 rings (SSSR count). The van der Waals surface area contributed by atoms with Gasteiger partial charge < -0.3 is 19.7 Å². The first-order chi connectivity index (χ1) is 7.47. The van der Waals surface area contributed by atoms with Crippen LogP contribution in [0.4, 0.5) is 0 Å². The SMILES string of the molecule is CCS[C@H]1O[C@@H](C)[C@H](O)[C@@H](O)[C@@H]1OC(C)=O. The Labute approximate surface area is 99.1 Å². The van der Waals surface area contributed by atoms with E-state index in [0.29, 0.717) is 0 Å². The number of hydrogen-bond acceptors (Lipinski definition) is 6. The van der Waals surface area contributed by atoms with E-state index in [1.165, 1.54) is 18.7 Å². The highest BCUT2D eigenvalue weighted by Crippen LogP contribution is 2.30. The topological polar surface area (TPSA) is 76.0 Å². The lowest BCUT2D eigenvalue weighted by molar-refractivity contribution is -0.208. The van der Waals surface area contributed by atoms with Crippen molar-refractivity contribution < 1.29 is 24.5 Å². The smallest absolute Gasteiger partial charge is 0.303 e. The molecule has 5 nitrogen and oxygen atoms in total. The van der Waals surface area contributed by atoms with Crippen molar-refractivity contribution >= 4 is 17.7 Å². The van der Waals surface area contributed by atoms with Crippen molar-refractivity contribution in [1.29, 1.82) is 0 Å². The van der Waals surface area contributed by atoms with E-state index in [-0.39, 0.29) is 0 Å². The van der Waals surface area contributed by atoms with E-state index in [0.717, 1.165) is 5.75 Å². The standard InChI is InChI=1S/C10H18O5S/c1-4-16-10-9(15-6(3)11)8(13)7(12)5(2)14-10/h5,7-10,12-13H,4H2,1-3H3/t5-,7-,8+,9-,10+/m0/s1. The summed E-state index contributed by atoms with van der Waals surface area (Å²) in [4.78, 5) is 10.9. The zero-order valence-electron chi connectivity index (χ0n) is 9.62. The van der Waals surface area contributed by atoms with Gasteiger partial charge in [0.1, 0.15) is 17.6 Å². The van der Waals surface area contributed by atoms with Crippen LogP contribution in [0.1, 0.15) is 20.8 Å². The molecule has 2 N–H and O–H groups in total. The molecule has 1 heterocycles. The van der Waals surface area contributed by atoms with Crippen LogP contribution in [0, 0.1) is 0 Å². The van der Waals surface area contributed by atoms with Gasteiger partial charge in [-0.1, -0.05) is 6.92 Å². The Hall–Kier alpha value is -0.300. The minimum absolute atomic E-state index is 0.428. The van der Waals surface area contributed by atoms with Crippen LogP contribution in [-0.4, -0.2) is 51.8 Å². The molecule has 6 heteroatoms. The van der Waals surface area contributed by atoms with Crippen LogP contribution in [0.2, 0.25) is 0 Å². The Morgan fingerprint density at radius 1 is 1.44 bits per heavy atom. The summed E-state index contributed by atoms with van der Waals surface area (Å²) in [5, 5.41) is 19.5. The van der Waals surface area contributed by atoms with Crippen molar-refractivity contribution in [3.05, 3.63) is 0 Å². The normalized spacial score (nSPS) is 39.4. The Balaban J connectivity index is 2.75. The molecule has 0 aliphatic carbocycles. The first kappa shape index (κ1) is 13.8. The third-order valence-electron chi connectivity index (χ3n) is 2.42. The fraction of sp³-hybridized carbons (Fsp3) is 0.900. The van der Waals surface area contributed by atoms with Crippen LogP contribution < -0.4 is 0 Å². The first-order valence-electron chi connectivity index (χ1n) is 5.27. The van der Waals surface area contributed by atoms with Gasteiger partial charge in [0, 0.05) is 6.92 Å². The average Bonchev–Trinajstić information content (AvgIpc) is 2.21.